The molecule has 1 aromatic carbocycles. The number of hydrogen-bond donors (Lipinski definition) is 2. The van der Waals surface area contributed by atoms with Gasteiger partial charge >= 0.3 is 5.97 Å². The van der Waals surface area contributed by atoms with Crippen LogP contribution in [0.1, 0.15) is 34.9 Å². The summed E-state index contributed by atoms with van der Waals surface area (Å²) in [6.45, 7) is 0. The average Bonchev–Trinajstić information content (AvgIpc) is 3.00. The number of nitrogens with zero attached hydrogens (tertiary/aromatic N) is 2. The van der Waals surface area contributed by atoms with Gasteiger partial charge in [-0.2, -0.15) is 4.98 Å². The van der Waals surface area contributed by atoms with Crippen LogP contribution in [0.15, 0.2) is 28.8 Å². The largest absolute Gasteiger partial charge is 0.475 e. The summed E-state index contributed by atoms with van der Waals surface area (Å²) in [4.78, 5) is 14.7. The van der Waals surface area contributed by atoms with Crippen molar-refractivity contribution in [1.82, 2.24) is 10.1 Å². The first-order valence-corrected chi connectivity index (χ1v) is 5.55. The molecule has 0 bridgehead atoms. The summed E-state index contributed by atoms with van der Waals surface area (Å²) in [5.74, 6) is -1.12. The zero-order chi connectivity index (χ0) is 12.8. The summed E-state index contributed by atoms with van der Waals surface area (Å²) in [6, 6.07) is 7.44. The summed E-state index contributed by atoms with van der Waals surface area (Å²) < 4.78 is 5.06. The number of nitrogens with two attached hydrogens (primary N) is 1. The number of hydrogen-bond acceptors (Lipinski definition) is 5. The van der Waals surface area contributed by atoms with Gasteiger partial charge in [0.25, 0.3) is 5.82 Å². The zero-order valence-electron chi connectivity index (χ0n) is 9.46. The minimum absolute atomic E-state index is 0.299. The van der Waals surface area contributed by atoms with Crippen LogP contribution in [-0.4, -0.2) is 21.2 Å². The van der Waals surface area contributed by atoms with Crippen LogP contribution in [0.4, 0.5) is 5.69 Å². The summed E-state index contributed by atoms with van der Waals surface area (Å²) in [5, 5.41) is 12.2. The van der Waals surface area contributed by atoms with Crippen LogP contribution in [0.25, 0.3) is 0 Å². The van der Waals surface area contributed by atoms with Crippen LogP contribution in [0, 0.1) is 0 Å². The highest BCUT2D eigenvalue weighted by molar-refractivity contribution is 5.82. The Kier molecular flexibility index (Phi) is 2.13. The van der Waals surface area contributed by atoms with Crippen LogP contribution in [0.3, 0.4) is 0 Å². The molecule has 6 heteroatoms. The highest BCUT2D eigenvalue weighted by Gasteiger charge is 2.51. The van der Waals surface area contributed by atoms with Crippen molar-refractivity contribution in [3.05, 3.63) is 41.5 Å². The predicted molar refractivity (Wildman–Crippen MR) is 62.1 cm³/mol. The van der Waals surface area contributed by atoms with E-state index in [0.717, 1.165) is 18.4 Å². The molecule has 0 spiro atoms. The van der Waals surface area contributed by atoms with E-state index in [9.17, 15) is 4.79 Å². The van der Waals surface area contributed by atoms with Crippen LogP contribution in [0.5, 0.6) is 0 Å². The normalized spacial score (nSPS) is 16.4. The molecule has 1 aliphatic carbocycles. The number of nitrogen functional groups attached to an aromatic ring is 1. The molecular weight excluding hydrogens is 234 g/mol. The Morgan fingerprint density at radius 1 is 1.33 bits per heavy atom. The molecule has 3 rings (SSSR count). The molecule has 1 aromatic heterocycles. The highest BCUT2D eigenvalue weighted by Crippen LogP contribution is 2.52. The lowest BCUT2D eigenvalue weighted by atomic mass is 9.96. The Morgan fingerprint density at radius 3 is 2.50 bits per heavy atom. The van der Waals surface area contributed by atoms with Crippen LogP contribution < -0.4 is 5.73 Å². The second kappa shape index (κ2) is 3.56. The van der Waals surface area contributed by atoms with Gasteiger partial charge in [0.05, 0.1) is 5.41 Å². The van der Waals surface area contributed by atoms with Gasteiger partial charge in [0, 0.05) is 5.69 Å². The molecule has 0 amide bonds. The molecule has 0 saturated heterocycles. The van der Waals surface area contributed by atoms with Gasteiger partial charge in [0.1, 0.15) is 0 Å². The molecule has 1 heterocycles. The third-order valence-electron chi connectivity index (χ3n) is 3.24. The molecule has 1 aliphatic rings. The van der Waals surface area contributed by atoms with Crippen molar-refractivity contribution in [3.8, 4) is 0 Å². The molecule has 3 N–H and O–H groups in total. The predicted octanol–water partition coefficient (Wildman–Crippen LogP) is 1.43. The lowest BCUT2D eigenvalue weighted by Gasteiger charge is -2.10. The van der Waals surface area contributed by atoms with E-state index in [0.29, 0.717) is 11.6 Å². The number of aromatic nitrogens is 2. The van der Waals surface area contributed by atoms with Crippen molar-refractivity contribution in [2.24, 2.45) is 0 Å². The number of carboxylic acids is 1. The van der Waals surface area contributed by atoms with Crippen LogP contribution in [0.2, 0.25) is 0 Å². The fourth-order valence-electron chi connectivity index (χ4n) is 2.06. The van der Waals surface area contributed by atoms with E-state index >= 15 is 0 Å². The number of carbonyl (C=O) groups is 1. The van der Waals surface area contributed by atoms with Gasteiger partial charge in [0.2, 0.25) is 5.89 Å². The SMILES string of the molecule is Nc1ccc(C2(c3nc(C(=O)O)no3)CC2)cc1. The monoisotopic (exact) mass is 245 g/mol. The van der Waals surface area contributed by atoms with Gasteiger partial charge in [-0.1, -0.05) is 12.1 Å². The molecule has 18 heavy (non-hydrogen) atoms. The Hall–Kier alpha value is -2.37. The van der Waals surface area contributed by atoms with E-state index in [1.165, 1.54) is 0 Å². The third kappa shape index (κ3) is 1.54. The molecule has 1 fully saturated rings. The van der Waals surface area contributed by atoms with Crippen LogP contribution in [-0.2, 0) is 5.41 Å². The second-order valence-electron chi connectivity index (χ2n) is 4.43. The zero-order valence-corrected chi connectivity index (χ0v) is 9.46. The quantitative estimate of drug-likeness (QED) is 0.793. The van der Waals surface area contributed by atoms with Crippen molar-refractivity contribution >= 4 is 11.7 Å². The minimum atomic E-state index is -1.18. The minimum Gasteiger partial charge on any atom is -0.475 e. The van der Waals surface area contributed by atoms with Crippen molar-refractivity contribution in [1.29, 1.82) is 0 Å². The molecule has 6 nitrogen and oxygen atoms in total. The van der Waals surface area contributed by atoms with E-state index in [1.54, 1.807) is 0 Å². The standard InChI is InChI=1S/C12H11N3O3/c13-8-3-1-7(2-4-8)12(5-6-12)11-14-9(10(16)17)15-18-11/h1-4H,5-6,13H2,(H,16,17). The van der Waals surface area contributed by atoms with Gasteiger partial charge in [-0.15, -0.1) is 0 Å². The van der Waals surface area contributed by atoms with Gasteiger partial charge in [-0.25, -0.2) is 4.79 Å². The number of carboxylic acid groups (broad SMARTS) is 1. The first-order valence-electron chi connectivity index (χ1n) is 5.55. The Morgan fingerprint density at radius 2 is 2.00 bits per heavy atom. The van der Waals surface area contributed by atoms with Crippen LogP contribution >= 0.6 is 0 Å². The summed E-state index contributed by atoms with van der Waals surface area (Å²) in [7, 11) is 0. The third-order valence-corrected chi connectivity index (χ3v) is 3.24. The first-order chi connectivity index (χ1) is 8.62. The topological polar surface area (TPSA) is 102 Å². The lowest BCUT2D eigenvalue weighted by molar-refractivity contribution is 0.0680. The van der Waals surface area contributed by atoms with Crippen molar-refractivity contribution < 1.29 is 14.4 Å². The molecule has 0 atom stereocenters. The van der Waals surface area contributed by atoms with Gasteiger partial charge in [0.15, 0.2) is 0 Å². The number of aromatic carboxylic acids is 1. The van der Waals surface area contributed by atoms with E-state index in [2.05, 4.69) is 10.1 Å². The number of rotatable bonds is 3. The maximum Gasteiger partial charge on any atom is 0.377 e. The molecule has 0 aliphatic heterocycles. The van der Waals surface area contributed by atoms with Crippen molar-refractivity contribution in [3.63, 3.8) is 0 Å². The molecule has 2 aromatic rings. The summed E-state index contributed by atoms with van der Waals surface area (Å²) in [5.41, 5.74) is 7.03. The fourth-order valence-corrected chi connectivity index (χ4v) is 2.06. The van der Waals surface area contributed by atoms with E-state index in [1.807, 2.05) is 24.3 Å². The molecule has 92 valence electrons. The average molecular weight is 245 g/mol. The molecule has 0 unspecified atom stereocenters. The fraction of sp³-hybridized carbons (Fsp3) is 0.250. The molecule has 1 saturated carbocycles. The second-order valence-corrected chi connectivity index (χ2v) is 4.43. The lowest BCUT2D eigenvalue weighted by Crippen LogP contribution is -2.10. The highest BCUT2D eigenvalue weighted by atomic mass is 16.5. The van der Waals surface area contributed by atoms with Gasteiger partial charge < -0.3 is 15.4 Å². The van der Waals surface area contributed by atoms with Crippen molar-refractivity contribution in [2.45, 2.75) is 18.3 Å². The molecule has 0 radical (unpaired) electrons. The van der Waals surface area contributed by atoms with E-state index in [-0.39, 0.29) is 11.2 Å². The van der Waals surface area contributed by atoms with Gasteiger partial charge in [-0.05, 0) is 35.7 Å². The number of benzene rings is 1. The molecular formula is C12H11N3O3. The smallest absolute Gasteiger partial charge is 0.377 e. The maximum absolute atomic E-state index is 10.7. The summed E-state index contributed by atoms with van der Waals surface area (Å²) in [6.07, 6.45) is 1.75. The summed E-state index contributed by atoms with van der Waals surface area (Å²) >= 11 is 0. The van der Waals surface area contributed by atoms with E-state index in [4.69, 9.17) is 15.4 Å². The Balaban J connectivity index is 1.99. The maximum atomic E-state index is 10.7. The first kappa shape index (κ1) is 10.8. The Bertz CT molecular complexity index is 599. The number of anilines is 1. The van der Waals surface area contributed by atoms with E-state index < -0.39 is 5.97 Å². The van der Waals surface area contributed by atoms with Crippen molar-refractivity contribution in [2.75, 3.05) is 5.73 Å². The Labute approximate surface area is 102 Å². The van der Waals surface area contributed by atoms with Gasteiger partial charge in [-0.3, -0.25) is 0 Å².